The molecule has 1 fully saturated rings. The summed E-state index contributed by atoms with van der Waals surface area (Å²) in [4.78, 5) is 13.0. The van der Waals surface area contributed by atoms with Crippen LogP contribution in [0.5, 0.6) is 5.75 Å². The summed E-state index contributed by atoms with van der Waals surface area (Å²) in [6.07, 6.45) is 0.768. The van der Waals surface area contributed by atoms with E-state index in [1.54, 1.807) is 36.4 Å². The van der Waals surface area contributed by atoms with Gasteiger partial charge in [0, 0.05) is 17.3 Å². The topological polar surface area (TPSA) is 75.7 Å². The molecule has 2 aromatic rings. The van der Waals surface area contributed by atoms with Crippen LogP contribution in [0.4, 0.5) is 11.4 Å². The third-order valence-corrected chi connectivity index (χ3v) is 7.93. The van der Waals surface area contributed by atoms with Crippen LogP contribution in [0.1, 0.15) is 19.8 Å². The quantitative estimate of drug-likeness (QED) is 0.764. The molecule has 1 N–H and O–H groups in total. The van der Waals surface area contributed by atoms with Crippen LogP contribution < -0.4 is 14.4 Å². The number of carbonyl (C=O) groups excluding carboxylic acids is 1. The molecule has 9 heteroatoms. The fourth-order valence-corrected chi connectivity index (χ4v) is 5.49. The van der Waals surface area contributed by atoms with E-state index in [9.17, 15) is 13.2 Å². The Morgan fingerprint density at radius 1 is 1.18 bits per heavy atom. The summed E-state index contributed by atoms with van der Waals surface area (Å²) in [6, 6.07) is 11.2. The molecule has 1 atom stereocenters. The zero-order chi connectivity index (χ0) is 20.5. The Labute approximate surface area is 174 Å². The molecule has 0 aliphatic carbocycles. The monoisotopic (exact) mass is 442 g/mol. The summed E-state index contributed by atoms with van der Waals surface area (Å²) in [5, 5.41) is 3.50. The van der Waals surface area contributed by atoms with Crippen molar-refractivity contribution in [2.45, 2.75) is 24.5 Å². The first-order chi connectivity index (χ1) is 13.2. The molecule has 0 radical (unpaired) electrons. The lowest BCUT2D eigenvalue weighted by Crippen LogP contribution is -2.57. The highest BCUT2D eigenvalue weighted by Gasteiger charge is 2.52. The van der Waals surface area contributed by atoms with Gasteiger partial charge in [-0.2, -0.15) is 0 Å². The Morgan fingerprint density at radius 2 is 1.86 bits per heavy atom. The van der Waals surface area contributed by atoms with Gasteiger partial charge in [0.2, 0.25) is 15.9 Å². The summed E-state index contributed by atoms with van der Waals surface area (Å²) < 4.78 is 31.4. The van der Waals surface area contributed by atoms with Gasteiger partial charge in [0.05, 0.1) is 17.8 Å². The number of halogens is 2. The van der Waals surface area contributed by atoms with Gasteiger partial charge in [0.15, 0.2) is 4.75 Å². The zero-order valence-electron chi connectivity index (χ0n) is 15.4. The average Bonchev–Trinajstić information content (AvgIpc) is 2.65. The van der Waals surface area contributed by atoms with Gasteiger partial charge in [-0.25, -0.2) is 8.42 Å². The van der Waals surface area contributed by atoms with Crippen molar-refractivity contribution in [3.63, 3.8) is 0 Å². The Kier molecular flexibility index (Phi) is 5.79. The van der Waals surface area contributed by atoms with Gasteiger partial charge >= 0.3 is 0 Å². The van der Waals surface area contributed by atoms with E-state index in [4.69, 9.17) is 27.9 Å². The van der Waals surface area contributed by atoms with Crippen molar-refractivity contribution in [1.29, 1.82) is 0 Å². The van der Waals surface area contributed by atoms with Crippen molar-refractivity contribution in [3.05, 3.63) is 52.5 Å². The molecule has 1 aliphatic heterocycles. The van der Waals surface area contributed by atoms with E-state index < -0.39 is 20.7 Å². The summed E-state index contributed by atoms with van der Waals surface area (Å²) in [5.74, 6) is -0.141. The van der Waals surface area contributed by atoms with Crippen molar-refractivity contribution in [1.82, 2.24) is 0 Å². The smallest absolute Gasteiger partial charge is 0.249 e. The van der Waals surface area contributed by atoms with E-state index in [1.807, 2.05) is 0 Å². The Morgan fingerprint density at radius 3 is 2.46 bits per heavy atom. The van der Waals surface area contributed by atoms with E-state index in [1.165, 1.54) is 24.4 Å². The van der Waals surface area contributed by atoms with Crippen molar-refractivity contribution in [2.24, 2.45) is 0 Å². The summed E-state index contributed by atoms with van der Waals surface area (Å²) >= 11 is 12.0. The number of sulfonamides is 1. The molecule has 1 saturated heterocycles. The molecule has 0 saturated carbocycles. The number of ether oxygens (including phenoxy) is 1. The molecule has 150 valence electrons. The molecular weight excluding hydrogens is 423 g/mol. The number of carbonyl (C=O) groups is 1. The predicted molar refractivity (Wildman–Crippen MR) is 112 cm³/mol. The number of benzene rings is 2. The lowest BCUT2D eigenvalue weighted by Gasteiger charge is -2.39. The highest BCUT2D eigenvalue weighted by atomic mass is 35.5. The van der Waals surface area contributed by atoms with Crippen LogP contribution in [-0.4, -0.2) is 32.7 Å². The zero-order valence-corrected chi connectivity index (χ0v) is 17.7. The SMILES string of the molecule is COc1ccc(NC(=O)[C@]2(C)CCCN(c3ccc(Cl)cc3)S2(=O)=O)cc1Cl. The fourth-order valence-electron chi connectivity index (χ4n) is 3.17. The Bertz CT molecular complexity index is 995. The predicted octanol–water partition coefficient (Wildman–Crippen LogP) is 4.33. The molecular formula is C19H20Cl2N2O4S. The minimum atomic E-state index is -3.95. The van der Waals surface area contributed by atoms with Crippen LogP contribution in [0.15, 0.2) is 42.5 Å². The van der Waals surface area contributed by atoms with Crippen molar-refractivity contribution in [3.8, 4) is 5.75 Å². The first-order valence-corrected chi connectivity index (χ1v) is 10.8. The highest BCUT2D eigenvalue weighted by molar-refractivity contribution is 7.95. The number of hydrogen-bond donors (Lipinski definition) is 1. The van der Waals surface area contributed by atoms with E-state index in [0.717, 1.165) is 0 Å². The standard InChI is InChI=1S/C19H20Cl2N2O4S/c1-19(18(24)22-14-6-9-17(27-2)16(21)12-14)10-3-11-23(28(19,25)26)15-7-4-13(20)5-8-15/h4-9,12H,3,10-11H2,1-2H3,(H,22,24)/t19-/m0/s1. The molecule has 28 heavy (non-hydrogen) atoms. The van der Waals surface area contributed by atoms with Crippen molar-refractivity contribution >= 4 is 50.5 Å². The van der Waals surface area contributed by atoms with Crippen molar-refractivity contribution < 1.29 is 17.9 Å². The molecule has 0 spiro atoms. The van der Waals surface area contributed by atoms with E-state index >= 15 is 0 Å². The molecule has 1 amide bonds. The first kappa shape index (κ1) is 20.8. The third kappa shape index (κ3) is 3.66. The van der Waals surface area contributed by atoms with E-state index in [-0.39, 0.29) is 6.42 Å². The number of methoxy groups -OCH3 is 1. The van der Waals surface area contributed by atoms with Gasteiger partial charge in [-0.05, 0) is 62.2 Å². The largest absolute Gasteiger partial charge is 0.495 e. The van der Waals surface area contributed by atoms with Gasteiger partial charge in [-0.3, -0.25) is 9.10 Å². The Balaban J connectivity index is 1.89. The number of hydrogen-bond acceptors (Lipinski definition) is 4. The maximum Gasteiger partial charge on any atom is 0.249 e. The molecule has 2 aromatic carbocycles. The second kappa shape index (κ2) is 7.81. The van der Waals surface area contributed by atoms with Gasteiger partial charge in [0.1, 0.15) is 5.75 Å². The van der Waals surface area contributed by atoms with Gasteiger partial charge < -0.3 is 10.1 Å². The third-order valence-electron chi connectivity index (χ3n) is 4.88. The molecule has 1 aliphatic rings. The highest BCUT2D eigenvalue weighted by Crippen LogP contribution is 2.37. The molecule has 0 unspecified atom stereocenters. The van der Waals surface area contributed by atoms with E-state index in [2.05, 4.69) is 5.32 Å². The lowest BCUT2D eigenvalue weighted by molar-refractivity contribution is -0.118. The number of anilines is 2. The molecule has 6 nitrogen and oxygen atoms in total. The maximum atomic E-state index is 13.3. The van der Waals surface area contributed by atoms with Crippen molar-refractivity contribution in [2.75, 3.05) is 23.3 Å². The minimum absolute atomic E-state index is 0.217. The average molecular weight is 443 g/mol. The van der Waals surface area contributed by atoms with Gasteiger partial charge in [0.25, 0.3) is 0 Å². The lowest BCUT2D eigenvalue weighted by atomic mass is 10.0. The molecule has 1 heterocycles. The fraction of sp³-hybridized carbons (Fsp3) is 0.316. The number of nitrogens with one attached hydrogen (secondary N) is 1. The van der Waals surface area contributed by atoms with E-state index in [0.29, 0.717) is 40.1 Å². The second-order valence-corrected chi connectivity index (χ2v) is 9.83. The van der Waals surface area contributed by atoms with Crippen LogP contribution in [-0.2, 0) is 14.8 Å². The van der Waals surface area contributed by atoms with Gasteiger partial charge in [-0.1, -0.05) is 23.2 Å². The summed E-state index contributed by atoms with van der Waals surface area (Å²) in [6.45, 7) is 1.76. The summed E-state index contributed by atoms with van der Waals surface area (Å²) in [7, 11) is -2.46. The number of nitrogens with zero attached hydrogens (tertiary/aromatic N) is 1. The molecule has 0 bridgehead atoms. The van der Waals surface area contributed by atoms with Crippen LogP contribution in [0, 0.1) is 0 Å². The van der Waals surface area contributed by atoms with Crippen LogP contribution in [0.2, 0.25) is 10.0 Å². The number of amides is 1. The summed E-state index contributed by atoms with van der Waals surface area (Å²) in [5.41, 5.74) is 0.881. The maximum absolute atomic E-state index is 13.3. The van der Waals surface area contributed by atoms with Crippen LogP contribution in [0.3, 0.4) is 0 Å². The second-order valence-electron chi connectivity index (χ2n) is 6.69. The van der Waals surface area contributed by atoms with Gasteiger partial charge in [-0.15, -0.1) is 0 Å². The molecule has 0 aromatic heterocycles. The normalized spacial score (nSPS) is 21.2. The first-order valence-electron chi connectivity index (χ1n) is 8.62. The molecule has 3 rings (SSSR count). The minimum Gasteiger partial charge on any atom is -0.495 e. The Hall–Kier alpha value is -1.96. The van der Waals surface area contributed by atoms with Crippen LogP contribution >= 0.6 is 23.2 Å². The number of rotatable bonds is 4. The van der Waals surface area contributed by atoms with Crippen LogP contribution in [0.25, 0.3) is 0 Å².